The molecule has 2 nitrogen and oxygen atoms in total. The SMILES string of the molecule is NCC1CCCCC1S(=O)C1CCCCC1. The first kappa shape index (κ1) is 12.6. The molecule has 2 saturated carbocycles. The zero-order valence-corrected chi connectivity index (χ0v) is 11.0. The van der Waals surface area contributed by atoms with Gasteiger partial charge in [-0.15, -0.1) is 0 Å². The minimum Gasteiger partial charge on any atom is -0.330 e. The summed E-state index contributed by atoms with van der Waals surface area (Å²) >= 11 is 0. The van der Waals surface area contributed by atoms with Crippen LogP contribution in [0.3, 0.4) is 0 Å². The van der Waals surface area contributed by atoms with Gasteiger partial charge in [0.1, 0.15) is 0 Å². The summed E-state index contributed by atoms with van der Waals surface area (Å²) in [4.78, 5) is 0. The highest BCUT2D eigenvalue weighted by molar-refractivity contribution is 7.86. The van der Waals surface area contributed by atoms with E-state index in [1.54, 1.807) is 0 Å². The highest BCUT2D eigenvalue weighted by Crippen LogP contribution is 2.32. The molecule has 0 aromatic rings. The molecule has 0 radical (unpaired) electrons. The maximum Gasteiger partial charge on any atom is 0.0391 e. The molecule has 2 aliphatic rings. The predicted molar refractivity (Wildman–Crippen MR) is 69.8 cm³/mol. The van der Waals surface area contributed by atoms with E-state index in [1.807, 2.05) is 0 Å². The van der Waals surface area contributed by atoms with Gasteiger partial charge in [0.25, 0.3) is 0 Å². The van der Waals surface area contributed by atoms with E-state index in [9.17, 15) is 4.21 Å². The number of nitrogens with two attached hydrogens (primary N) is 1. The van der Waals surface area contributed by atoms with E-state index < -0.39 is 10.8 Å². The van der Waals surface area contributed by atoms with E-state index in [0.717, 1.165) is 13.0 Å². The third-order valence-electron chi connectivity index (χ3n) is 4.32. The normalized spacial score (nSPS) is 34.8. The van der Waals surface area contributed by atoms with Crippen LogP contribution in [0.15, 0.2) is 0 Å². The second kappa shape index (κ2) is 6.15. The second-order valence-corrected chi connectivity index (χ2v) is 7.34. The van der Waals surface area contributed by atoms with Crippen molar-refractivity contribution in [1.82, 2.24) is 0 Å². The first-order valence-electron chi connectivity index (χ1n) is 6.92. The summed E-state index contributed by atoms with van der Waals surface area (Å²) in [5.74, 6) is 0.538. The van der Waals surface area contributed by atoms with Gasteiger partial charge >= 0.3 is 0 Å². The molecule has 16 heavy (non-hydrogen) atoms. The lowest BCUT2D eigenvalue weighted by molar-refractivity contribution is 0.368. The molecule has 0 aliphatic heterocycles. The molecule has 0 spiro atoms. The van der Waals surface area contributed by atoms with E-state index in [4.69, 9.17) is 5.73 Å². The molecule has 0 aromatic carbocycles. The Labute approximate surface area is 102 Å². The molecular formula is C13H25NOS. The molecule has 3 unspecified atom stereocenters. The predicted octanol–water partition coefficient (Wildman–Crippen LogP) is 2.59. The Balaban J connectivity index is 1.95. The van der Waals surface area contributed by atoms with Crippen LogP contribution < -0.4 is 5.73 Å². The topological polar surface area (TPSA) is 43.1 Å². The van der Waals surface area contributed by atoms with Gasteiger partial charge in [0, 0.05) is 21.3 Å². The lowest BCUT2D eigenvalue weighted by Gasteiger charge is -2.33. The quantitative estimate of drug-likeness (QED) is 0.828. The fraction of sp³-hybridized carbons (Fsp3) is 1.00. The summed E-state index contributed by atoms with van der Waals surface area (Å²) in [6.45, 7) is 0.739. The van der Waals surface area contributed by atoms with E-state index in [0.29, 0.717) is 16.4 Å². The van der Waals surface area contributed by atoms with E-state index in [1.165, 1.54) is 51.4 Å². The van der Waals surface area contributed by atoms with Crippen LogP contribution in [0.1, 0.15) is 57.8 Å². The average Bonchev–Trinajstić information content (AvgIpc) is 2.39. The van der Waals surface area contributed by atoms with Crippen molar-refractivity contribution in [3.8, 4) is 0 Å². The average molecular weight is 243 g/mol. The first-order chi connectivity index (χ1) is 7.83. The molecule has 0 heterocycles. The maximum absolute atomic E-state index is 12.6. The summed E-state index contributed by atoms with van der Waals surface area (Å²) < 4.78 is 12.6. The largest absolute Gasteiger partial charge is 0.330 e. The van der Waals surface area contributed by atoms with Crippen LogP contribution >= 0.6 is 0 Å². The zero-order valence-electron chi connectivity index (χ0n) is 10.2. The van der Waals surface area contributed by atoms with Gasteiger partial charge in [-0.2, -0.15) is 0 Å². The number of rotatable bonds is 3. The Morgan fingerprint density at radius 1 is 0.938 bits per heavy atom. The lowest BCUT2D eigenvalue weighted by atomic mass is 9.89. The van der Waals surface area contributed by atoms with Crippen LogP contribution in [0.25, 0.3) is 0 Å². The highest BCUT2D eigenvalue weighted by atomic mass is 32.2. The zero-order chi connectivity index (χ0) is 11.4. The Kier molecular flexibility index (Phi) is 4.83. The van der Waals surface area contributed by atoms with Gasteiger partial charge in [0.2, 0.25) is 0 Å². The van der Waals surface area contributed by atoms with Gasteiger partial charge in [-0.05, 0) is 38.1 Å². The summed E-state index contributed by atoms with van der Waals surface area (Å²) in [6, 6.07) is 0. The molecule has 3 atom stereocenters. The van der Waals surface area contributed by atoms with Crippen molar-refractivity contribution in [1.29, 1.82) is 0 Å². The molecule has 0 amide bonds. The molecule has 0 aromatic heterocycles. The van der Waals surface area contributed by atoms with Crippen molar-refractivity contribution in [2.24, 2.45) is 11.7 Å². The Bertz CT molecular complexity index is 238. The minimum absolute atomic E-state index is 0.418. The molecule has 0 bridgehead atoms. The minimum atomic E-state index is -0.603. The standard InChI is InChI=1S/C13H25NOS/c14-10-11-6-4-5-9-13(11)16(15)12-7-2-1-3-8-12/h11-13H,1-10,14H2. The smallest absolute Gasteiger partial charge is 0.0391 e. The molecule has 2 aliphatic carbocycles. The van der Waals surface area contributed by atoms with Crippen molar-refractivity contribution < 1.29 is 4.21 Å². The highest BCUT2D eigenvalue weighted by Gasteiger charge is 2.33. The second-order valence-electron chi connectivity index (χ2n) is 5.41. The van der Waals surface area contributed by atoms with Crippen molar-refractivity contribution in [3.05, 3.63) is 0 Å². The molecule has 2 rings (SSSR count). The van der Waals surface area contributed by atoms with Gasteiger partial charge in [-0.1, -0.05) is 32.1 Å². The van der Waals surface area contributed by atoms with Gasteiger partial charge < -0.3 is 5.73 Å². The van der Waals surface area contributed by atoms with Crippen LogP contribution in [0.4, 0.5) is 0 Å². The maximum atomic E-state index is 12.6. The van der Waals surface area contributed by atoms with Crippen molar-refractivity contribution >= 4 is 10.8 Å². The molecule has 2 fully saturated rings. The molecule has 94 valence electrons. The van der Waals surface area contributed by atoms with E-state index in [2.05, 4.69) is 0 Å². The van der Waals surface area contributed by atoms with Gasteiger partial charge in [0.05, 0.1) is 0 Å². The van der Waals surface area contributed by atoms with Gasteiger partial charge in [-0.25, -0.2) is 0 Å². The summed E-state index contributed by atoms with van der Waals surface area (Å²) in [7, 11) is -0.603. The van der Waals surface area contributed by atoms with E-state index in [-0.39, 0.29) is 0 Å². The van der Waals surface area contributed by atoms with Crippen LogP contribution in [0, 0.1) is 5.92 Å². The number of hydrogen-bond donors (Lipinski definition) is 1. The van der Waals surface area contributed by atoms with Crippen molar-refractivity contribution in [2.75, 3.05) is 6.54 Å². The molecule has 2 N–H and O–H groups in total. The van der Waals surface area contributed by atoms with Gasteiger partial charge in [0.15, 0.2) is 0 Å². The summed E-state index contributed by atoms with van der Waals surface area (Å²) in [5, 5.41) is 0.910. The third kappa shape index (κ3) is 2.86. The van der Waals surface area contributed by atoms with Crippen molar-refractivity contribution in [2.45, 2.75) is 68.3 Å². The van der Waals surface area contributed by atoms with Crippen LogP contribution in [0.2, 0.25) is 0 Å². The lowest BCUT2D eigenvalue weighted by Crippen LogP contribution is -2.38. The molecular weight excluding hydrogens is 218 g/mol. The fourth-order valence-electron chi connectivity index (χ4n) is 3.29. The van der Waals surface area contributed by atoms with Crippen LogP contribution in [0.5, 0.6) is 0 Å². The first-order valence-corrected chi connectivity index (χ1v) is 8.20. The summed E-state index contributed by atoms with van der Waals surface area (Å²) in [5.41, 5.74) is 5.83. The van der Waals surface area contributed by atoms with Crippen LogP contribution in [-0.4, -0.2) is 21.3 Å². The Morgan fingerprint density at radius 3 is 2.25 bits per heavy atom. The Morgan fingerprint density at radius 2 is 1.56 bits per heavy atom. The molecule has 0 saturated heterocycles. The third-order valence-corrected chi connectivity index (χ3v) is 6.67. The Hall–Kier alpha value is 0.110. The molecule has 3 heteroatoms. The van der Waals surface area contributed by atoms with Gasteiger partial charge in [-0.3, -0.25) is 4.21 Å². The fourth-order valence-corrected chi connectivity index (χ4v) is 5.61. The van der Waals surface area contributed by atoms with Crippen molar-refractivity contribution in [3.63, 3.8) is 0 Å². The monoisotopic (exact) mass is 243 g/mol. The van der Waals surface area contributed by atoms with Crippen LogP contribution in [-0.2, 0) is 10.8 Å². The number of hydrogen-bond acceptors (Lipinski definition) is 2. The summed E-state index contributed by atoms with van der Waals surface area (Å²) in [6.07, 6.45) is 11.2. The van der Waals surface area contributed by atoms with E-state index >= 15 is 0 Å².